The first kappa shape index (κ1) is 15.2. The van der Waals surface area contributed by atoms with Crippen LogP contribution in [0.15, 0.2) is 12.5 Å². The lowest BCUT2D eigenvalue weighted by Crippen LogP contribution is -2.21. The highest BCUT2D eigenvalue weighted by molar-refractivity contribution is 4.98. The normalized spacial score (nSPS) is 13.2. The summed E-state index contributed by atoms with van der Waals surface area (Å²) in [5, 5.41) is 3.41. The van der Waals surface area contributed by atoms with Crippen molar-refractivity contribution < 1.29 is 0 Å². The molecule has 1 aromatic rings. The molecule has 0 aromatic carbocycles. The lowest BCUT2D eigenvalue weighted by molar-refractivity contribution is 0.416. The van der Waals surface area contributed by atoms with Crippen LogP contribution in [0.2, 0.25) is 0 Å². The molecule has 1 aromatic heterocycles. The Bertz CT molecular complexity index is 317. The second kappa shape index (κ2) is 8.30. The minimum atomic E-state index is 0.515. The molecule has 0 fully saturated rings. The third-order valence-corrected chi connectivity index (χ3v) is 3.28. The molecule has 0 aliphatic rings. The average Bonchev–Trinajstić information content (AvgIpc) is 2.80. The van der Waals surface area contributed by atoms with Gasteiger partial charge >= 0.3 is 0 Å². The van der Waals surface area contributed by atoms with E-state index in [4.69, 9.17) is 0 Å². The van der Waals surface area contributed by atoms with Crippen LogP contribution in [0.1, 0.15) is 71.5 Å². The van der Waals surface area contributed by atoms with Crippen molar-refractivity contribution in [3.63, 3.8) is 0 Å². The van der Waals surface area contributed by atoms with Gasteiger partial charge in [0, 0.05) is 24.8 Å². The maximum absolute atomic E-state index is 4.50. The van der Waals surface area contributed by atoms with Gasteiger partial charge in [-0.25, -0.2) is 4.98 Å². The first-order valence-electron chi connectivity index (χ1n) is 7.43. The number of nitrogens with one attached hydrogen (secondary N) is 1. The van der Waals surface area contributed by atoms with Crippen molar-refractivity contribution in [2.45, 2.75) is 78.4 Å². The zero-order valence-corrected chi connectivity index (χ0v) is 12.4. The van der Waals surface area contributed by atoms with Crippen molar-refractivity contribution in [1.29, 1.82) is 0 Å². The molecular formula is C15H29N3. The van der Waals surface area contributed by atoms with E-state index < -0.39 is 0 Å². The minimum Gasteiger partial charge on any atom is -0.334 e. The molecular weight excluding hydrogens is 222 g/mol. The van der Waals surface area contributed by atoms with E-state index >= 15 is 0 Å². The molecule has 0 aliphatic carbocycles. The van der Waals surface area contributed by atoms with Crippen LogP contribution in [0.3, 0.4) is 0 Å². The van der Waals surface area contributed by atoms with Crippen LogP contribution in [-0.4, -0.2) is 15.6 Å². The molecule has 1 unspecified atom stereocenters. The van der Waals surface area contributed by atoms with E-state index in [0.29, 0.717) is 12.1 Å². The summed E-state index contributed by atoms with van der Waals surface area (Å²) in [6, 6.07) is 1.15. The van der Waals surface area contributed by atoms with Gasteiger partial charge in [0.15, 0.2) is 0 Å². The van der Waals surface area contributed by atoms with Crippen LogP contribution in [-0.2, 0) is 6.54 Å². The molecule has 0 saturated heterocycles. The topological polar surface area (TPSA) is 29.9 Å². The quantitative estimate of drug-likeness (QED) is 0.721. The smallest absolute Gasteiger partial charge is 0.0952 e. The molecule has 0 radical (unpaired) electrons. The Hall–Kier alpha value is -0.830. The molecule has 1 rings (SSSR count). The van der Waals surface area contributed by atoms with Crippen molar-refractivity contribution in [2.24, 2.45) is 0 Å². The highest BCUT2D eigenvalue weighted by atomic mass is 15.1. The Labute approximate surface area is 112 Å². The number of imidazole rings is 1. The summed E-state index contributed by atoms with van der Waals surface area (Å²) in [7, 11) is 0. The third kappa shape index (κ3) is 5.21. The van der Waals surface area contributed by atoms with Gasteiger partial charge in [0.05, 0.1) is 12.0 Å². The number of aromatic nitrogens is 2. The Morgan fingerprint density at radius 1 is 1.22 bits per heavy atom. The van der Waals surface area contributed by atoms with Crippen LogP contribution in [0.4, 0.5) is 0 Å². The van der Waals surface area contributed by atoms with Gasteiger partial charge < -0.3 is 9.88 Å². The van der Waals surface area contributed by atoms with Gasteiger partial charge in [-0.3, -0.25) is 0 Å². The molecule has 0 amide bonds. The number of unbranched alkanes of at least 4 members (excludes halogenated alkanes) is 1. The molecule has 104 valence electrons. The monoisotopic (exact) mass is 251 g/mol. The van der Waals surface area contributed by atoms with Crippen LogP contribution in [0.5, 0.6) is 0 Å². The maximum Gasteiger partial charge on any atom is 0.0952 e. The molecule has 3 nitrogen and oxygen atoms in total. The summed E-state index contributed by atoms with van der Waals surface area (Å²) in [6.07, 6.45) is 10.6. The molecule has 1 N–H and O–H groups in total. The summed E-state index contributed by atoms with van der Waals surface area (Å²) in [5.41, 5.74) is 1.15. The molecule has 1 atom stereocenters. The highest BCUT2D eigenvalue weighted by Gasteiger charge is 2.10. The van der Waals surface area contributed by atoms with E-state index in [0.717, 1.165) is 12.2 Å². The van der Waals surface area contributed by atoms with E-state index in [9.17, 15) is 0 Å². The Kier molecular flexibility index (Phi) is 7.02. The second-order valence-corrected chi connectivity index (χ2v) is 5.43. The standard InChI is InChI=1S/C15H29N3/c1-5-7-9-15(8-6-2)18-11-14(17-12-18)10-16-13(3)4/h11-13,15-16H,5-10H2,1-4H3. The first-order chi connectivity index (χ1) is 8.67. The predicted molar refractivity (Wildman–Crippen MR) is 77.7 cm³/mol. The summed E-state index contributed by atoms with van der Waals surface area (Å²) >= 11 is 0. The Balaban J connectivity index is 2.56. The first-order valence-corrected chi connectivity index (χ1v) is 7.43. The van der Waals surface area contributed by atoms with Gasteiger partial charge in [0.2, 0.25) is 0 Å². The fourth-order valence-electron chi connectivity index (χ4n) is 2.19. The van der Waals surface area contributed by atoms with Gasteiger partial charge in [0.1, 0.15) is 0 Å². The largest absolute Gasteiger partial charge is 0.334 e. The second-order valence-electron chi connectivity index (χ2n) is 5.43. The minimum absolute atomic E-state index is 0.515. The number of nitrogens with zero attached hydrogens (tertiary/aromatic N) is 2. The number of hydrogen-bond donors (Lipinski definition) is 1. The molecule has 0 aliphatic heterocycles. The van der Waals surface area contributed by atoms with Crippen LogP contribution in [0.25, 0.3) is 0 Å². The van der Waals surface area contributed by atoms with Crippen LogP contribution >= 0.6 is 0 Å². The van der Waals surface area contributed by atoms with E-state index in [1.54, 1.807) is 0 Å². The lowest BCUT2D eigenvalue weighted by Gasteiger charge is -2.17. The van der Waals surface area contributed by atoms with Crippen molar-refractivity contribution in [3.05, 3.63) is 18.2 Å². The number of rotatable bonds is 9. The summed E-state index contributed by atoms with van der Waals surface area (Å²) < 4.78 is 2.32. The molecule has 1 heterocycles. The van der Waals surface area contributed by atoms with E-state index in [-0.39, 0.29) is 0 Å². The fourth-order valence-corrected chi connectivity index (χ4v) is 2.19. The van der Waals surface area contributed by atoms with Gasteiger partial charge in [-0.05, 0) is 12.8 Å². The van der Waals surface area contributed by atoms with E-state index in [2.05, 4.69) is 48.8 Å². The van der Waals surface area contributed by atoms with E-state index in [1.807, 2.05) is 6.33 Å². The van der Waals surface area contributed by atoms with E-state index in [1.165, 1.54) is 32.1 Å². The van der Waals surface area contributed by atoms with Crippen molar-refractivity contribution in [2.75, 3.05) is 0 Å². The molecule has 18 heavy (non-hydrogen) atoms. The van der Waals surface area contributed by atoms with Crippen molar-refractivity contribution in [3.8, 4) is 0 Å². The van der Waals surface area contributed by atoms with Gasteiger partial charge in [-0.1, -0.05) is 47.0 Å². The Morgan fingerprint density at radius 2 is 2.00 bits per heavy atom. The zero-order valence-electron chi connectivity index (χ0n) is 12.4. The van der Waals surface area contributed by atoms with Gasteiger partial charge in [-0.2, -0.15) is 0 Å². The zero-order chi connectivity index (χ0) is 13.4. The van der Waals surface area contributed by atoms with Crippen molar-refractivity contribution in [1.82, 2.24) is 14.9 Å². The van der Waals surface area contributed by atoms with Crippen LogP contribution in [0, 0.1) is 0 Å². The van der Waals surface area contributed by atoms with Gasteiger partial charge in [-0.15, -0.1) is 0 Å². The van der Waals surface area contributed by atoms with Crippen molar-refractivity contribution >= 4 is 0 Å². The predicted octanol–water partition coefficient (Wildman–Crippen LogP) is 3.91. The average molecular weight is 251 g/mol. The molecule has 3 heteroatoms. The fraction of sp³-hybridized carbons (Fsp3) is 0.800. The third-order valence-electron chi connectivity index (χ3n) is 3.28. The number of hydrogen-bond acceptors (Lipinski definition) is 2. The summed E-state index contributed by atoms with van der Waals surface area (Å²) in [5.74, 6) is 0. The lowest BCUT2D eigenvalue weighted by atomic mass is 10.1. The highest BCUT2D eigenvalue weighted by Crippen LogP contribution is 2.21. The maximum atomic E-state index is 4.50. The van der Waals surface area contributed by atoms with Crippen LogP contribution < -0.4 is 5.32 Å². The molecule has 0 saturated carbocycles. The summed E-state index contributed by atoms with van der Waals surface area (Å²) in [6.45, 7) is 9.72. The Morgan fingerprint density at radius 3 is 2.61 bits per heavy atom. The van der Waals surface area contributed by atoms with Gasteiger partial charge in [0.25, 0.3) is 0 Å². The summed E-state index contributed by atoms with van der Waals surface area (Å²) in [4.78, 5) is 4.50. The SMILES string of the molecule is CCCCC(CCC)n1cnc(CNC(C)C)c1. The molecule has 0 bridgehead atoms. The molecule has 0 spiro atoms.